The predicted molar refractivity (Wildman–Crippen MR) is 104 cm³/mol. The zero-order valence-corrected chi connectivity index (χ0v) is 15.3. The highest BCUT2D eigenvalue weighted by Gasteiger charge is 2.30. The molecule has 1 aliphatic heterocycles. The largest absolute Gasteiger partial charge is 0.416 e. The molecule has 10 heteroatoms. The fourth-order valence-corrected chi connectivity index (χ4v) is 3.35. The molecule has 0 spiro atoms. The number of hydrogen-bond donors (Lipinski definition) is 4. The molecule has 0 saturated carbocycles. The number of nitrogens with zero attached hydrogens (tertiary/aromatic N) is 2. The molecule has 4 N–H and O–H groups in total. The minimum absolute atomic E-state index is 0.141. The lowest BCUT2D eigenvalue weighted by Crippen LogP contribution is -2.38. The molecular weight excluding hydrogens is 385 g/mol. The Morgan fingerprint density at radius 1 is 1.21 bits per heavy atom. The summed E-state index contributed by atoms with van der Waals surface area (Å²) in [5, 5.41) is 9.63. The third-order valence-electron chi connectivity index (χ3n) is 4.73. The zero-order chi connectivity index (χ0) is 20.4. The molecule has 1 aromatic carbocycles. The molecule has 152 valence electrons. The molecule has 2 aromatic heterocycles. The van der Waals surface area contributed by atoms with Gasteiger partial charge in [-0.1, -0.05) is 6.07 Å². The van der Waals surface area contributed by atoms with Gasteiger partial charge >= 0.3 is 6.18 Å². The van der Waals surface area contributed by atoms with E-state index in [0.29, 0.717) is 11.3 Å². The van der Waals surface area contributed by atoms with E-state index in [9.17, 15) is 18.0 Å². The van der Waals surface area contributed by atoms with Crippen molar-refractivity contribution in [3.8, 4) is 0 Å². The molecule has 1 fully saturated rings. The van der Waals surface area contributed by atoms with Crippen molar-refractivity contribution in [2.24, 2.45) is 0 Å². The Balaban J connectivity index is 1.73. The van der Waals surface area contributed by atoms with Crippen LogP contribution in [0.2, 0.25) is 0 Å². The first-order valence-electron chi connectivity index (χ1n) is 9.20. The maximum atomic E-state index is 13.0. The van der Waals surface area contributed by atoms with Gasteiger partial charge in [0, 0.05) is 24.3 Å². The Kier molecular flexibility index (Phi) is 5.10. The molecule has 3 aromatic rings. The molecule has 0 radical (unpaired) electrons. The molecule has 0 amide bonds. The number of benzene rings is 1. The highest BCUT2D eigenvalue weighted by Crippen LogP contribution is 2.32. The van der Waals surface area contributed by atoms with E-state index in [1.807, 2.05) is 0 Å². The molecule has 4 rings (SSSR count). The fraction of sp³-hybridized carbons (Fsp3) is 0.316. The summed E-state index contributed by atoms with van der Waals surface area (Å²) in [5.41, 5.74) is -0.651. The molecule has 0 aliphatic carbocycles. The SMILES string of the molecule is O=c1[nH]cnc2cc(N[C@H]3CCCNC3)nc(Nc3cccc(C(F)(F)F)c3)c12. The van der Waals surface area contributed by atoms with E-state index in [4.69, 9.17) is 0 Å². The van der Waals surface area contributed by atoms with Gasteiger partial charge in [-0.2, -0.15) is 13.2 Å². The van der Waals surface area contributed by atoms with E-state index in [1.54, 1.807) is 6.07 Å². The summed E-state index contributed by atoms with van der Waals surface area (Å²) in [4.78, 5) is 23.4. The van der Waals surface area contributed by atoms with Crippen LogP contribution in [0, 0.1) is 0 Å². The highest BCUT2D eigenvalue weighted by molar-refractivity contribution is 5.92. The normalized spacial score (nSPS) is 17.3. The van der Waals surface area contributed by atoms with E-state index < -0.39 is 17.3 Å². The average Bonchev–Trinajstić information content (AvgIpc) is 2.68. The minimum atomic E-state index is -4.47. The summed E-state index contributed by atoms with van der Waals surface area (Å²) >= 11 is 0. The molecule has 1 saturated heterocycles. The van der Waals surface area contributed by atoms with Crippen LogP contribution in [-0.2, 0) is 6.18 Å². The number of anilines is 3. The van der Waals surface area contributed by atoms with Crippen LogP contribution >= 0.6 is 0 Å². The van der Waals surface area contributed by atoms with Gasteiger partial charge < -0.3 is 20.9 Å². The van der Waals surface area contributed by atoms with Crippen molar-refractivity contribution in [1.82, 2.24) is 20.3 Å². The van der Waals surface area contributed by atoms with Gasteiger partial charge in [0.05, 0.1) is 17.4 Å². The van der Waals surface area contributed by atoms with Crippen molar-refractivity contribution in [3.63, 3.8) is 0 Å². The molecule has 0 unspecified atom stereocenters. The number of halogens is 3. The predicted octanol–water partition coefficient (Wildman–Crippen LogP) is 3.24. The second-order valence-corrected chi connectivity index (χ2v) is 6.87. The zero-order valence-electron chi connectivity index (χ0n) is 15.3. The Morgan fingerprint density at radius 2 is 2.07 bits per heavy atom. The lowest BCUT2D eigenvalue weighted by Gasteiger charge is -2.24. The number of pyridine rings is 1. The second-order valence-electron chi connectivity index (χ2n) is 6.87. The highest BCUT2D eigenvalue weighted by atomic mass is 19.4. The lowest BCUT2D eigenvalue weighted by atomic mass is 10.1. The number of nitrogens with one attached hydrogen (secondary N) is 4. The minimum Gasteiger partial charge on any atom is -0.366 e. The molecule has 3 heterocycles. The molecule has 29 heavy (non-hydrogen) atoms. The van der Waals surface area contributed by atoms with Crippen LogP contribution in [0.1, 0.15) is 18.4 Å². The number of hydrogen-bond acceptors (Lipinski definition) is 6. The van der Waals surface area contributed by atoms with E-state index in [1.165, 1.54) is 18.5 Å². The third-order valence-corrected chi connectivity index (χ3v) is 4.73. The number of fused-ring (bicyclic) bond motifs is 1. The summed E-state index contributed by atoms with van der Waals surface area (Å²) in [6.45, 7) is 1.74. The third kappa shape index (κ3) is 4.32. The first kappa shape index (κ1) is 19.2. The smallest absolute Gasteiger partial charge is 0.366 e. The van der Waals surface area contributed by atoms with Gasteiger partial charge in [0.25, 0.3) is 5.56 Å². The van der Waals surface area contributed by atoms with Crippen LogP contribution < -0.4 is 21.5 Å². The molecule has 7 nitrogen and oxygen atoms in total. The molecule has 0 bridgehead atoms. The number of rotatable bonds is 4. The van der Waals surface area contributed by atoms with Gasteiger partial charge in [0.2, 0.25) is 0 Å². The lowest BCUT2D eigenvalue weighted by molar-refractivity contribution is -0.137. The van der Waals surface area contributed by atoms with Gasteiger partial charge in [-0.25, -0.2) is 9.97 Å². The van der Waals surface area contributed by atoms with Crippen LogP contribution in [0.5, 0.6) is 0 Å². The summed E-state index contributed by atoms with van der Waals surface area (Å²) in [7, 11) is 0. The molecular formula is C19H19F3N6O. The van der Waals surface area contributed by atoms with E-state index in [0.717, 1.165) is 38.1 Å². The Morgan fingerprint density at radius 3 is 2.83 bits per heavy atom. The number of aromatic nitrogens is 3. The fourth-order valence-electron chi connectivity index (χ4n) is 3.35. The topological polar surface area (TPSA) is 94.7 Å². The molecule has 1 atom stereocenters. The summed E-state index contributed by atoms with van der Waals surface area (Å²) in [6.07, 6.45) is -1.20. The number of alkyl halides is 3. The van der Waals surface area contributed by atoms with Gasteiger partial charge in [-0.3, -0.25) is 4.79 Å². The maximum absolute atomic E-state index is 13.0. The van der Waals surface area contributed by atoms with Gasteiger partial charge in [-0.15, -0.1) is 0 Å². The van der Waals surface area contributed by atoms with Crippen LogP contribution in [0.4, 0.5) is 30.5 Å². The molecule has 1 aliphatic rings. The van der Waals surface area contributed by atoms with Crippen molar-refractivity contribution >= 4 is 28.2 Å². The monoisotopic (exact) mass is 404 g/mol. The van der Waals surface area contributed by atoms with Crippen LogP contribution in [0.25, 0.3) is 10.9 Å². The van der Waals surface area contributed by atoms with Gasteiger partial charge in [-0.05, 0) is 37.6 Å². The van der Waals surface area contributed by atoms with Crippen LogP contribution in [0.3, 0.4) is 0 Å². The van der Waals surface area contributed by atoms with E-state index in [2.05, 4.69) is 30.9 Å². The quantitative estimate of drug-likeness (QED) is 0.533. The van der Waals surface area contributed by atoms with Crippen LogP contribution in [-0.4, -0.2) is 34.1 Å². The van der Waals surface area contributed by atoms with Gasteiger partial charge in [0.15, 0.2) is 0 Å². The Bertz CT molecular complexity index is 1080. The maximum Gasteiger partial charge on any atom is 0.416 e. The summed E-state index contributed by atoms with van der Waals surface area (Å²) < 4.78 is 39.1. The number of piperidine rings is 1. The Hall–Kier alpha value is -3.14. The first-order chi connectivity index (χ1) is 13.9. The number of aromatic amines is 1. The second kappa shape index (κ2) is 7.70. The van der Waals surface area contributed by atoms with Crippen molar-refractivity contribution in [1.29, 1.82) is 0 Å². The average molecular weight is 404 g/mol. The van der Waals surface area contributed by atoms with E-state index >= 15 is 0 Å². The van der Waals surface area contributed by atoms with E-state index in [-0.39, 0.29) is 22.9 Å². The van der Waals surface area contributed by atoms with Crippen molar-refractivity contribution in [2.45, 2.75) is 25.1 Å². The first-order valence-corrected chi connectivity index (χ1v) is 9.20. The summed E-state index contributed by atoms with van der Waals surface area (Å²) in [5.74, 6) is 0.640. The standard InChI is InChI=1S/C19H19F3N6O/c20-19(21,22)11-3-1-4-12(7-11)27-17-16-14(24-10-25-18(16)29)8-15(28-17)26-13-5-2-6-23-9-13/h1,3-4,7-8,10,13,23H,2,5-6,9H2,(H,24,25,29)(H2,26,27,28)/t13-/m0/s1. The van der Waals surface area contributed by atoms with Gasteiger partial charge in [0.1, 0.15) is 17.0 Å². The summed E-state index contributed by atoms with van der Waals surface area (Å²) in [6, 6.07) is 6.57. The number of H-pyrrole nitrogens is 1. The van der Waals surface area contributed by atoms with Crippen molar-refractivity contribution in [2.75, 3.05) is 23.7 Å². The van der Waals surface area contributed by atoms with Crippen LogP contribution in [0.15, 0.2) is 41.5 Å². The van der Waals surface area contributed by atoms with Crippen molar-refractivity contribution in [3.05, 3.63) is 52.6 Å². The van der Waals surface area contributed by atoms with Crippen molar-refractivity contribution < 1.29 is 13.2 Å². The Labute approximate surface area is 163 Å².